The maximum Gasteiger partial charge on any atom is 0.241 e. The zero-order valence-electron chi connectivity index (χ0n) is 12.3. The second-order valence-electron chi connectivity index (χ2n) is 5.60. The Labute approximate surface area is 127 Å². The summed E-state index contributed by atoms with van der Waals surface area (Å²) in [6.45, 7) is 3.53. The molecule has 1 aliphatic rings. The molecule has 2 N–H and O–H groups in total. The Morgan fingerprint density at radius 2 is 2.36 bits per heavy atom. The van der Waals surface area contributed by atoms with Gasteiger partial charge in [-0.05, 0) is 31.5 Å². The Morgan fingerprint density at radius 3 is 3.05 bits per heavy atom. The van der Waals surface area contributed by atoms with Crippen LogP contribution in [0.2, 0.25) is 0 Å². The first-order valence-corrected chi connectivity index (χ1v) is 7.13. The van der Waals surface area contributed by atoms with Gasteiger partial charge in [-0.1, -0.05) is 17.3 Å². The number of primary amides is 1. The third kappa shape index (κ3) is 2.99. The minimum atomic E-state index is -0.298. The molecule has 0 spiro atoms. The molecule has 1 amide bonds. The van der Waals surface area contributed by atoms with Crippen molar-refractivity contribution < 1.29 is 13.7 Å². The second-order valence-corrected chi connectivity index (χ2v) is 5.60. The molecule has 0 bridgehead atoms. The van der Waals surface area contributed by atoms with Crippen LogP contribution in [0.1, 0.15) is 17.9 Å². The number of nitrogens with two attached hydrogens (primary N) is 1. The van der Waals surface area contributed by atoms with Crippen LogP contribution in [0, 0.1) is 18.7 Å². The number of aryl methyl sites for hydroxylation is 1. The van der Waals surface area contributed by atoms with E-state index in [1.807, 2.05) is 4.90 Å². The molecule has 0 radical (unpaired) electrons. The third-order valence-electron chi connectivity index (χ3n) is 3.93. The number of hydrogen-bond donors (Lipinski definition) is 1. The summed E-state index contributed by atoms with van der Waals surface area (Å²) >= 11 is 0. The Bertz CT molecular complexity index is 701. The van der Waals surface area contributed by atoms with E-state index in [9.17, 15) is 9.18 Å². The molecule has 1 aliphatic heterocycles. The number of aromatic nitrogens is 2. The topological polar surface area (TPSA) is 85.3 Å². The van der Waals surface area contributed by atoms with Gasteiger partial charge in [0.25, 0.3) is 0 Å². The van der Waals surface area contributed by atoms with E-state index in [-0.39, 0.29) is 17.6 Å². The molecule has 2 aromatic rings. The summed E-state index contributed by atoms with van der Waals surface area (Å²) in [5.74, 6) is 0.116. The van der Waals surface area contributed by atoms with E-state index >= 15 is 0 Å². The summed E-state index contributed by atoms with van der Waals surface area (Å²) in [5.41, 5.74) is 6.46. The highest BCUT2D eigenvalue weighted by atomic mass is 19.1. The van der Waals surface area contributed by atoms with E-state index < -0.39 is 0 Å². The van der Waals surface area contributed by atoms with E-state index in [0.717, 1.165) is 13.0 Å². The van der Waals surface area contributed by atoms with Crippen molar-refractivity contribution in [2.24, 2.45) is 11.7 Å². The largest absolute Gasteiger partial charge is 0.369 e. The number of halogens is 1. The first kappa shape index (κ1) is 14.6. The van der Waals surface area contributed by atoms with Gasteiger partial charge in [-0.2, -0.15) is 4.98 Å². The molecule has 1 fully saturated rings. The fraction of sp³-hybridized carbons (Fsp3) is 0.400. The predicted octanol–water partition coefficient (Wildman–Crippen LogP) is 1.49. The van der Waals surface area contributed by atoms with Crippen LogP contribution < -0.4 is 5.73 Å². The normalized spacial score (nSPS) is 18.7. The number of nitrogens with zero attached hydrogens (tertiary/aromatic N) is 3. The number of hydrogen-bond acceptors (Lipinski definition) is 5. The van der Waals surface area contributed by atoms with E-state index in [0.29, 0.717) is 35.9 Å². The van der Waals surface area contributed by atoms with Crippen LogP contribution >= 0.6 is 0 Å². The fourth-order valence-electron chi connectivity index (χ4n) is 2.57. The molecule has 3 rings (SSSR count). The van der Waals surface area contributed by atoms with Crippen molar-refractivity contribution in [1.82, 2.24) is 15.0 Å². The van der Waals surface area contributed by atoms with Gasteiger partial charge in [-0.15, -0.1) is 0 Å². The highest BCUT2D eigenvalue weighted by Crippen LogP contribution is 2.21. The maximum absolute atomic E-state index is 13.6. The molecule has 0 saturated carbocycles. The quantitative estimate of drug-likeness (QED) is 0.925. The summed E-state index contributed by atoms with van der Waals surface area (Å²) in [7, 11) is 0. The number of amides is 1. The van der Waals surface area contributed by atoms with Gasteiger partial charge in [-0.3, -0.25) is 9.69 Å². The number of likely N-dealkylation sites (tertiary alicyclic amines) is 1. The standard InChI is InChI=1S/C15H17FN4O2/c1-9-2-3-10(6-12(9)16)15-18-13(22-19-15)8-20-5-4-11(7-20)14(17)21/h2-3,6,11H,4-5,7-8H2,1H3,(H2,17,21)/t11-/m0/s1. The van der Waals surface area contributed by atoms with Crippen molar-refractivity contribution in [2.45, 2.75) is 19.9 Å². The zero-order valence-corrected chi connectivity index (χ0v) is 12.3. The number of carbonyl (C=O) groups excluding carboxylic acids is 1. The van der Waals surface area contributed by atoms with Crippen molar-refractivity contribution >= 4 is 5.91 Å². The Kier molecular flexibility index (Phi) is 3.89. The smallest absolute Gasteiger partial charge is 0.241 e. The Balaban J connectivity index is 1.69. The summed E-state index contributed by atoms with van der Waals surface area (Å²) in [6, 6.07) is 4.83. The van der Waals surface area contributed by atoms with Crippen molar-refractivity contribution in [3.63, 3.8) is 0 Å². The molecule has 0 unspecified atom stereocenters. The molecule has 0 aliphatic carbocycles. The van der Waals surface area contributed by atoms with Gasteiger partial charge in [0.15, 0.2) is 0 Å². The van der Waals surface area contributed by atoms with E-state index in [1.165, 1.54) is 6.07 Å². The summed E-state index contributed by atoms with van der Waals surface area (Å²) in [5, 5.41) is 3.88. The van der Waals surface area contributed by atoms with Crippen LogP contribution in [-0.2, 0) is 11.3 Å². The van der Waals surface area contributed by atoms with Crippen LogP contribution in [0.25, 0.3) is 11.4 Å². The van der Waals surface area contributed by atoms with Crippen molar-refractivity contribution in [1.29, 1.82) is 0 Å². The Hall–Kier alpha value is -2.28. The van der Waals surface area contributed by atoms with Crippen LogP contribution in [0.5, 0.6) is 0 Å². The van der Waals surface area contributed by atoms with Gasteiger partial charge < -0.3 is 10.3 Å². The summed E-state index contributed by atoms with van der Waals surface area (Å²) in [4.78, 5) is 17.5. The molecule has 116 valence electrons. The molecular weight excluding hydrogens is 287 g/mol. The molecule has 2 heterocycles. The van der Waals surface area contributed by atoms with Gasteiger partial charge in [0.05, 0.1) is 12.5 Å². The highest BCUT2D eigenvalue weighted by molar-refractivity contribution is 5.77. The van der Waals surface area contributed by atoms with Crippen molar-refractivity contribution in [3.05, 3.63) is 35.5 Å². The average molecular weight is 304 g/mol. The lowest BCUT2D eigenvalue weighted by Crippen LogP contribution is -2.27. The fourth-order valence-corrected chi connectivity index (χ4v) is 2.57. The maximum atomic E-state index is 13.6. The first-order valence-electron chi connectivity index (χ1n) is 7.13. The third-order valence-corrected chi connectivity index (χ3v) is 3.93. The lowest BCUT2D eigenvalue weighted by atomic mass is 10.1. The molecular formula is C15H17FN4O2. The number of rotatable bonds is 4. The number of benzene rings is 1. The first-order chi connectivity index (χ1) is 10.5. The minimum Gasteiger partial charge on any atom is -0.369 e. The SMILES string of the molecule is Cc1ccc(-c2noc(CN3CC[C@H](C(N)=O)C3)n2)cc1F. The van der Waals surface area contributed by atoms with E-state index in [4.69, 9.17) is 10.3 Å². The second kappa shape index (κ2) is 5.84. The summed E-state index contributed by atoms with van der Waals surface area (Å²) in [6.07, 6.45) is 0.750. The molecule has 7 heteroatoms. The van der Waals surface area contributed by atoms with E-state index in [1.54, 1.807) is 19.1 Å². The molecule has 1 saturated heterocycles. The summed E-state index contributed by atoms with van der Waals surface area (Å²) < 4.78 is 18.8. The van der Waals surface area contributed by atoms with Crippen molar-refractivity contribution in [2.75, 3.05) is 13.1 Å². The monoisotopic (exact) mass is 304 g/mol. The van der Waals surface area contributed by atoms with Crippen LogP contribution in [0.4, 0.5) is 4.39 Å². The van der Waals surface area contributed by atoms with E-state index in [2.05, 4.69) is 10.1 Å². The minimum absolute atomic E-state index is 0.117. The lowest BCUT2D eigenvalue weighted by Gasteiger charge is -2.11. The van der Waals surface area contributed by atoms with Crippen LogP contribution in [-0.4, -0.2) is 34.0 Å². The zero-order chi connectivity index (χ0) is 15.7. The average Bonchev–Trinajstić information content (AvgIpc) is 3.12. The molecule has 22 heavy (non-hydrogen) atoms. The Morgan fingerprint density at radius 1 is 1.55 bits per heavy atom. The molecule has 1 atom stereocenters. The highest BCUT2D eigenvalue weighted by Gasteiger charge is 2.27. The molecule has 1 aromatic carbocycles. The van der Waals surface area contributed by atoms with Gasteiger partial charge in [0.1, 0.15) is 5.82 Å². The van der Waals surface area contributed by atoms with Gasteiger partial charge in [0, 0.05) is 12.1 Å². The van der Waals surface area contributed by atoms with Gasteiger partial charge >= 0.3 is 0 Å². The number of carbonyl (C=O) groups is 1. The van der Waals surface area contributed by atoms with Crippen LogP contribution in [0.3, 0.4) is 0 Å². The lowest BCUT2D eigenvalue weighted by molar-refractivity contribution is -0.121. The van der Waals surface area contributed by atoms with Gasteiger partial charge in [0.2, 0.25) is 17.6 Å². The van der Waals surface area contributed by atoms with Gasteiger partial charge in [-0.25, -0.2) is 4.39 Å². The van der Waals surface area contributed by atoms with Crippen LogP contribution in [0.15, 0.2) is 22.7 Å². The molecule has 1 aromatic heterocycles. The predicted molar refractivity (Wildman–Crippen MR) is 77.0 cm³/mol. The van der Waals surface area contributed by atoms with Crippen molar-refractivity contribution in [3.8, 4) is 11.4 Å². The molecule has 6 nitrogen and oxygen atoms in total.